The summed E-state index contributed by atoms with van der Waals surface area (Å²) in [5.74, 6) is 0.255. The molecule has 0 fully saturated rings. The average molecular weight is 282 g/mol. The minimum atomic E-state index is -4.43. The molecule has 0 saturated heterocycles. The SMILES string of the molecule is CCC(CCN)Nc1ncc(C(F)(F)F)cc1Cl. The van der Waals surface area contributed by atoms with E-state index in [1.165, 1.54) is 0 Å². The van der Waals surface area contributed by atoms with Crippen molar-refractivity contribution in [2.75, 3.05) is 11.9 Å². The second-order valence-electron chi connectivity index (χ2n) is 3.88. The Morgan fingerprint density at radius 1 is 1.50 bits per heavy atom. The summed E-state index contributed by atoms with van der Waals surface area (Å²) >= 11 is 5.78. The van der Waals surface area contributed by atoms with Gasteiger partial charge in [0.25, 0.3) is 0 Å². The maximum absolute atomic E-state index is 12.4. The molecule has 0 aliphatic rings. The molecule has 1 unspecified atom stereocenters. The molecule has 0 saturated carbocycles. The van der Waals surface area contributed by atoms with Crippen LogP contribution >= 0.6 is 11.6 Å². The Bertz CT molecular complexity index is 396. The van der Waals surface area contributed by atoms with Gasteiger partial charge >= 0.3 is 6.18 Å². The highest BCUT2D eigenvalue weighted by molar-refractivity contribution is 6.32. The number of pyridine rings is 1. The third kappa shape index (κ3) is 4.03. The second kappa shape index (κ2) is 6.24. The fraction of sp³-hybridized carbons (Fsp3) is 0.545. The van der Waals surface area contributed by atoms with E-state index >= 15 is 0 Å². The monoisotopic (exact) mass is 281 g/mol. The predicted molar refractivity (Wildman–Crippen MR) is 65.6 cm³/mol. The molecule has 1 heterocycles. The Morgan fingerprint density at radius 3 is 2.61 bits per heavy atom. The first-order valence-corrected chi connectivity index (χ1v) is 5.95. The largest absolute Gasteiger partial charge is 0.417 e. The van der Waals surface area contributed by atoms with Crippen molar-refractivity contribution in [2.45, 2.75) is 32.0 Å². The van der Waals surface area contributed by atoms with Crippen molar-refractivity contribution >= 4 is 17.4 Å². The van der Waals surface area contributed by atoms with Crippen molar-refractivity contribution < 1.29 is 13.2 Å². The molecule has 0 bridgehead atoms. The third-order valence-corrected chi connectivity index (χ3v) is 2.81. The number of hydrogen-bond donors (Lipinski definition) is 2. The molecule has 0 spiro atoms. The lowest BCUT2D eigenvalue weighted by Gasteiger charge is -2.18. The maximum atomic E-state index is 12.4. The van der Waals surface area contributed by atoms with Crippen LogP contribution in [0.5, 0.6) is 0 Å². The minimum absolute atomic E-state index is 0.0414. The number of nitrogens with two attached hydrogens (primary N) is 1. The van der Waals surface area contributed by atoms with Crippen molar-refractivity contribution in [2.24, 2.45) is 5.73 Å². The quantitative estimate of drug-likeness (QED) is 0.871. The number of hydrogen-bond acceptors (Lipinski definition) is 3. The van der Waals surface area contributed by atoms with E-state index in [1.807, 2.05) is 6.92 Å². The zero-order valence-corrected chi connectivity index (χ0v) is 10.6. The van der Waals surface area contributed by atoms with Gasteiger partial charge in [-0.15, -0.1) is 0 Å². The summed E-state index contributed by atoms with van der Waals surface area (Å²) in [6, 6.07) is 0.920. The molecular formula is C11H15ClF3N3. The normalized spacial score (nSPS) is 13.4. The Kier molecular flexibility index (Phi) is 5.22. The van der Waals surface area contributed by atoms with Crippen molar-refractivity contribution in [1.29, 1.82) is 0 Å². The topological polar surface area (TPSA) is 50.9 Å². The fourth-order valence-corrected chi connectivity index (χ4v) is 1.69. The van der Waals surface area contributed by atoms with Crippen LogP contribution in [0.1, 0.15) is 25.3 Å². The first-order chi connectivity index (χ1) is 8.38. The first-order valence-electron chi connectivity index (χ1n) is 5.57. The molecule has 1 atom stereocenters. The second-order valence-corrected chi connectivity index (χ2v) is 4.29. The lowest BCUT2D eigenvalue weighted by atomic mass is 10.1. The molecule has 3 N–H and O–H groups in total. The predicted octanol–water partition coefficient (Wildman–Crippen LogP) is 3.29. The maximum Gasteiger partial charge on any atom is 0.417 e. The van der Waals surface area contributed by atoms with Gasteiger partial charge in [0.1, 0.15) is 5.82 Å². The molecule has 18 heavy (non-hydrogen) atoms. The molecule has 0 aliphatic carbocycles. The lowest BCUT2D eigenvalue weighted by Crippen LogP contribution is -2.23. The summed E-state index contributed by atoms with van der Waals surface area (Å²) in [6.07, 6.45) is -2.17. The number of anilines is 1. The van der Waals surface area contributed by atoms with Crippen LogP contribution in [-0.2, 0) is 6.18 Å². The van der Waals surface area contributed by atoms with E-state index in [2.05, 4.69) is 10.3 Å². The van der Waals surface area contributed by atoms with Crippen LogP contribution in [0.25, 0.3) is 0 Å². The van der Waals surface area contributed by atoms with Gasteiger partial charge in [0, 0.05) is 12.2 Å². The number of alkyl halides is 3. The Hall–Kier alpha value is -1.01. The molecule has 7 heteroatoms. The molecule has 3 nitrogen and oxygen atoms in total. The van der Waals surface area contributed by atoms with Crippen molar-refractivity contribution in [3.8, 4) is 0 Å². The van der Waals surface area contributed by atoms with Gasteiger partial charge in [-0.05, 0) is 25.5 Å². The molecule has 0 radical (unpaired) electrons. The average Bonchev–Trinajstić information content (AvgIpc) is 2.29. The Balaban J connectivity index is 2.85. The van der Waals surface area contributed by atoms with Gasteiger partial charge in [0.2, 0.25) is 0 Å². The van der Waals surface area contributed by atoms with Crippen LogP contribution < -0.4 is 11.1 Å². The number of nitrogens with one attached hydrogen (secondary N) is 1. The van der Waals surface area contributed by atoms with Crippen LogP contribution in [0.3, 0.4) is 0 Å². The van der Waals surface area contributed by atoms with E-state index in [-0.39, 0.29) is 16.9 Å². The molecule has 1 aromatic rings. The third-order valence-electron chi connectivity index (χ3n) is 2.52. The molecule has 1 rings (SSSR count). The standard InChI is InChI=1S/C11H15ClF3N3/c1-2-8(3-4-16)18-10-9(12)5-7(6-17-10)11(13,14)15/h5-6,8H,2-4,16H2,1H3,(H,17,18). The van der Waals surface area contributed by atoms with E-state index < -0.39 is 11.7 Å². The van der Waals surface area contributed by atoms with Gasteiger partial charge in [-0.1, -0.05) is 18.5 Å². The molecule has 1 aromatic heterocycles. The smallest absolute Gasteiger partial charge is 0.366 e. The van der Waals surface area contributed by atoms with E-state index in [4.69, 9.17) is 17.3 Å². The summed E-state index contributed by atoms with van der Waals surface area (Å²) in [5, 5.41) is 2.94. The van der Waals surface area contributed by atoms with Crippen molar-refractivity contribution in [3.05, 3.63) is 22.8 Å². The van der Waals surface area contributed by atoms with Crippen LogP contribution in [0.4, 0.5) is 19.0 Å². The summed E-state index contributed by atoms with van der Waals surface area (Å²) in [5.41, 5.74) is 4.58. The van der Waals surface area contributed by atoms with Gasteiger partial charge in [-0.3, -0.25) is 0 Å². The zero-order valence-electron chi connectivity index (χ0n) is 9.89. The number of rotatable bonds is 5. The summed E-state index contributed by atoms with van der Waals surface area (Å²) in [7, 11) is 0. The first kappa shape index (κ1) is 15.0. The Labute approximate surface area is 109 Å². The molecule has 0 aromatic carbocycles. The molecule has 0 amide bonds. The van der Waals surface area contributed by atoms with E-state index in [1.54, 1.807) is 0 Å². The van der Waals surface area contributed by atoms with Gasteiger partial charge in [-0.25, -0.2) is 4.98 Å². The highest BCUT2D eigenvalue weighted by atomic mass is 35.5. The molecular weight excluding hydrogens is 267 g/mol. The van der Waals surface area contributed by atoms with Crippen molar-refractivity contribution in [3.63, 3.8) is 0 Å². The van der Waals surface area contributed by atoms with E-state index in [0.29, 0.717) is 13.0 Å². The van der Waals surface area contributed by atoms with E-state index in [9.17, 15) is 13.2 Å². The number of aromatic nitrogens is 1. The summed E-state index contributed by atoms with van der Waals surface area (Å²) in [6.45, 7) is 2.44. The summed E-state index contributed by atoms with van der Waals surface area (Å²) < 4.78 is 37.2. The molecule has 0 aliphatic heterocycles. The number of nitrogens with zero attached hydrogens (tertiary/aromatic N) is 1. The zero-order chi connectivity index (χ0) is 13.8. The Morgan fingerprint density at radius 2 is 2.17 bits per heavy atom. The van der Waals surface area contributed by atoms with Gasteiger partial charge in [0.05, 0.1) is 10.6 Å². The fourth-order valence-electron chi connectivity index (χ4n) is 1.47. The van der Waals surface area contributed by atoms with Crippen LogP contribution in [0.15, 0.2) is 12.3 Å². The van der Waals surface area contributed by atoms with Gasteiger partial charge < -0.3 is 11.1 Å². The highest BCUT2D eigenvalue weighted by Crippen LogP contribution is 2.32. The van der Waals surface area contributed by atoms with E-state index in [0.717, 1.165) is 18.7 Å². The van der Waals surface area contributed by atoms with Gasteiger partial charge in [0.15, 0.2) is 0 Å². The van der Waals surface area contributed by atoms with Crippen LogP contribution in [0, 0.1) is 0 Å². The minimum Gasteiger partial charge on any atom is -0.366 e. The number of halogens is 4. The van der Waals surface area contributed by atoms with Crippen LogP contribution in [-0.4, -0.2) is 17.6 Å². The van der Waals surface area contributed by atoms with Gasteiger partial charge in [-0.2, -0.15) is 13.2 Å². The van der Waals surface area contributed by atoms with Crippen LogP contribution in [0.2, 0.25) is 5.02 Å². The lowest BCUT2D eigenvalue weighted by molar-refractivity contribution is -0.137. The highest BCUT2D eigenvalue weighted by Gasteiger charge is 2.31. The summed E-state index contributed by atoms with van der Waals surface area (Å²) in [4.78, 5) is 3.71. The van der Waals surface area contributed by atoms with Crippen molar-refractivity contribution in [1.82, 2.24) is 4.98 Å². The molecule has 102 valence electrons.